The molecule has 4 heteroatoms. The minimum Gasteiger partial charge on any atom is -0.493 e. The van der Waals surface area contributed by atoms with Gasteiger partial charge in [0, 0.05) is 24.1 Å². The Morgan fingerprint density at radius 3 is 2.74 bits per heavy atom. The van der Waals surface area contributed by atoms with Gasteiger partial charge >= 0.3 is 0 Å². The standard InChI is InChI=1S/C15H20BrNO2/c16-13-7-11-1-4-19-14(11)12(8-13)9-15(10-17)2-5-18-6-3-15/h7-8H,1-6,9-10,17H2. The number of benzene rings is 1. The molecule has 3 rings (SSSR count). The Morgan fingerprint density at radius 1 is 1.21 bits per heavy atom. The first-order valence-electron chi connectivity index (χ1n) is 6.94. The van der Waals surface area contributed by atoms with Crippen molar-refractivity contribution in [3.63, 3.8) is 0 Å². The van der Waals surface area contributed by atoms with Crippen LogP contribution in [-0.4, -0.2) is 26.4 Å². The SMILES string of the molecule is NCC1(Cc2cc(Br)cc3c2OCC3)CCOCC1. The van der Waals surface area contributed by atoms with Gasteiger partial charge in [0.15, 0.2) is 0 Å². The van der Waals surface area contributed by atoms with Crippen molar-refractivity contribution in [3.8, 4) is 5.75 Å². The van der Waals surface area contributed by atoms with E-state index in [9.17, 15) is 0 Å². The van der Waals surface area contributed by atoms with E-state index in [1.165, 1.54) is 11.1 Å². The van der Waals surface area contributed by atoms with Crippen LogP contribution in [0.1, 0.15) is 24.0 Å². The van der Waals surface area contributed by atoms with Crippen molar-refractivity contribution < 1.29 is 9.47 Å². The summed E-state index contributed by atoms with van der Waals surface area (Å²) in [6.07, 6.45) is 4.10. The fourth-order valence-electron chi connectivity index (χ4n) is 3.14. The maximum atomic E-state index is 6.06. The van der Waals surface area contributed by atoms with Crippen molar-refractivity contribution in [1.82, 2.24) is 0 Å². The summed E-state index contributed by atoms with van der Waals surface area (Å²) in [5.74, 6) is 1.10. The van der Waals surface area contributed by atoms with Crippen molar-refractivity contribution in [1.29, 1.82) is 0 Å². The largest absolute Gasteiger partial charge is 0.493 e. The molecule has 104 valence electrons. The summed E-state index contributed by atoms with van der Waals surface area (Å²) in [4.78, 5) is 0. The Bertz CT molecular complexity index is 469. The maximum absolute atomic E-state index is 6.06. The van der Waals surface area contributed by atoms with Gasteiger partial charge < -0.3 is 15.2 Å². The van der Waals surface area contributed by atoms with Crippen molar-refractivity contribution in [2.24, 2.45) is 11.1 Å². The molecule has 0 radical (unpaired) electrons. The average Bonchev–Trinajstić information content (AvgIpc) is 2.88. The maximum Gasteiger partial charge on any atom is 0.125 e. The summed E-state index contributed by atoms with van der Waals surface area (Å²) in [6.45, 7) is 3.18. The Labute approximate surface area is 122 Å². The molecule has 19 heavy (non-hydrogen) atoms. The fourth-order valence-corrected chi connectivity index (χ4v) is 3.69. The Morgan fingerprint density at radius 2 is 2.00 bits per heavy atom. The van der Waals surface area contributed by atoms with Gasteiger partial charge in [-0.2, -0.15) is 0 Å². The Balaban J connectivity index is 1.90. The van der Waals surface area contributed by atoms with Crippen LogP contribution in [0.15, 0.2) is 16.6 Å². The number of rotatable bonds is 3. The molecule has 0 saturated carbocycles. The zero-order valence-corrected chi connectivity index (χ0v) is 12.7. The lowest BCUT2D eigenvalue weighted by molar-refractivity contribution is 0.0189. The van der Waals surface area contributed by atoms with Crippen LogP contribution < -0.4 is 10.5 Å². The average molecular weight is 326 g/mol. The van der Waals surface area contributed by atoms with Gasteiger partial charge in [0.2, 0.25) is 0 Å². The first kappa shape index (κ1) is 13.4. The summed E-state index contributed by atoms with van der Waals surface area (Å²) in [6, 6.07) is 4.36. The van der Waals surface area contributed by atoms with Crippen molar-refractivity contribution in [3.05, 3.63) is 27.7 Å². The lowest BCUT2D eigenvalue weighted by Crippen LogP contribution is -2.38. The minimum atomic E-state index is 0.179. The van der Waals surface area contributed by atoms with Crippen LogP contribution in [-0.2, 0) is 17.6 Å². The van der Waals surface area contributed by atoms with Gasteiger partial charge in [0.05, 0.1) is 6.61 Å². The molecule has 1 fully saturated rings. The highest BCUT2D eigenvalue weighted by molar-refractivity contribution is 9.10. The summed E-state index contributed by atoms with van der Waals surface area (Å²) >= 11 is 3.61. The topological polar surface area (TPSA) is 44.5 Å². The molecule has 0 atom stereocenters. The molecule has 1 aromatic rings. The summed E-state index contributed by atoms with van der Waals surface area (Å²) in [5, 5.41) is 0. The molecule has 1 aromatic carbocycles. The van der Waals surface area contributed by atoms with Gasteiger partial charge in [-0.1, -0.05) is 15.9 Å². The second kappa shape index (κ2) is 5.43. The molecular formula is C15H20BrNO2. The second-order valence-corrected chi connectivity index (χ2v) is 6.56. The highest BCUT2D eigenvalue weighted by Gasteiger charge is 2.33. The predicted octanol–water partition coefficient (Wildman–Crippen LogP) is 2.68. The first-order valence-corrected chi connectivity index (χ1v) is 7.74. The van der Waals surface area contributed by atoms with E-state index < -0.39 is 0 Å². The summed E-state index contributed by atoms with van der Waals surface area (Å²) in [7, 11) is 0. The molecule has 2 aliphatic heterocycles. The van der Waals surface area contributed by atoms with Gasteiger partial charge in [-0.3, -0.25) is 0 Å². The van der Waals surface area contributed by atoms with E-state index in [0.717, 1.165) is 62.3 Å². The zero-order chi connectivity index (χ0) is 13.3. The van der Waals surface area contributed by atoms with Crippen LogP contribution in [0.4, 0.5) is 0 Å². The van der Waals surface area contributed by atoms with Crippen LogP contribution in [0.3, 0.4) is 0 Å². The third-order valence-electron chi connectivity index (χ3n) is 4.38. The molecule has 2 aliphatic rings. The molecule has 0 aliphatic carbocycles. The first-order chi connectivity index (χ1) is 9.22. The molecule has 1 saturated heterocycles. The van der Waals surface area contributed by atoms with Crippen LogP contribution >= 0.6 is 15.9 Å². The van der Waals surface area contributed by atoms with Gasteiger partial charge in [-0.05, 0) is 54.5 Å². The van der Waals surface area contributed by atoms with E-state index >= 15 is 0 Å². The number of ether oxygens (including phenoxy) is 2. The molecular weight excluding hydrogens is 306 g/mol. The highest BCUT2D eigenvalue weighted by Crippen LogP contribution is 2.40. The van der Waals surface area contributed by atoms with Crippen LogP contribution in [0, 0.1) is 5.41 Å². The summed E-state index contributed by atoms with van der Waals surface area (Å²) < 4.78 is 12.5. The minimum absolute atomic E-state index is 0.179. The lowest BCUT2D eigenvalue weighted by Gasteiger charge is -2.36. The number of nitrogens with two attached hydrogens (primary N) is 1. The summed E-state index contributed by atoms with van der Waals surface area (Å²) in [5.41, 5.74) is 8.86. The number of fused-ring (bicyclic) bond motifs is 1. The van der Waals surface area contributed by atoms with E-state index in [4.69, 9.17) is 15.2 Å². The van der Waals surface area contributed by atoms with Crippen LogP contribution in [0.5, 0.6) is 5.75 Å². The van der Waals surface area contributed by atoms with Crippen molar-refractivity contribution in [2.45, 2.75) is 25.7 Å². The molecule has 0 unspecified atom stereocenters. The number of hydrogen-bond acceptors (Lipinski definition) is 3. The Kier molecular flexibility index (Phi) is 3.83. The van der Waals surface area contributed by atoms with E-state index in [2.05, 4.69) is 28.1 Å². The van der Waals surface area contributed by atoms with Crippen molar-refractivity contribution in [2.75, 3.05) is 26.4 Å². The van der Waals surface area contributed by atoms with E-state index in [1.807, 2.05) is 0 Å². The van der Waals surface area contributed by atoms with Crippen LogP contribution in [0.2, 0.25) is 0 Å². The van der Waals surface area contributed by atoms with E-state index in [0.29, 0.717) is 0 Å². The molecule has 0 amide bonds. The van der Waals surface area contributed by atoms with Gasteiger partial charge in [-0.15, -0.1) is 0 Å². The van der Waals surface area contributed by atoms with E-state index in [1.54, 1.807) is 0 Å². The fraction of sp³-hybridized carbons (Fsp3) is 0.600. The van der Waals surface area contributed by atoms with Gasteiger partial charge in [0.25, 0.3) is 0 Å². The smallest absolute Gasteiger partial charge is 0.125 e. The normalized spacial score (nSPS) is 20.9. The molecule has 3 nitrogen and oxygen atoms in total. The van der Waals surface area contributed by atoms with E-state index in [-0.39, 0.29) is 5.41 Å². The third kappa shape index (κ3) is 2.67. The monoisotopic (exact) mass is 325 g/mol. The second-order valence-electron chi connectivity index (χ2n) is 5.64. The quantitative estimate of drug-likeness (QED) is 0.929. The molecule has 0 spiro atoms. The number of hydrogen-bond donors (Lipinski definition) is 1. The van der Waals surface area contributed by atoms with Crippen molar-refractivity contribution >= 4 is 15.9 Å². The molecule has 0 aromatic heterocycles. The number of halogens is 1. The zero-order valence-electron chi connectivity index (χ0n) is 11.1. The highest BCUT2D eigenvalue weighted by atomic mass is 79.9. The molecule has 0 bridgehead atoms. The lowest BCUT2D eigenvalue weighted by atomic mass is 9.75. The Hall–Kier alpha value is -0.580. The van der Waals surface area contributed by atoms with Crippen LogP contribution in [0.25, 0.3) is 0 Å². The van der Waals surface area contributed by atoms with Gasteiger partial charge in [0.1, 0.15) is 5.75 Å². The molecule has 2 heterocycles. The third-order valence-corrected chi connectivity index (χ3v) is 4.84. The van der Waals surface area contributed by atoms with Gasteiger partial charge in [-0.25, -0.2) is 0 Å². The molecule has 2 N–H and O–H groups in total. The predicted molar refractivity (Wildman–Crippen MR) is 78.6 cm³/mol.